The molecule has 7 heteroatoms. The Morgan fingerprint density at radius 3 is 2.53 bits per heavy atom. The maximum absolute atomic E-state index is 12.7. The quantitative estimate of drug-likeness (QED) is 0.600. The van der Waals surface area contributed by atoms with Crippen molar-refractivity contribution < 1.29 is 14.3 Å². The molecule has 0 saturated heterocycles. The largest absolute Gasteiger partial charge is 0.497 e. The predicted octanol–water partition coefficient (Wildman–Crippen LogP) is 3.45. The number of hydrogen-bond acceptors (Lipinski definition) is 4. The SMILES string of the molecule is COc1cccc(CCNC(=O)c2cc(NC(=O)C(C)C)n(-c3ccccc3)n2)c1. The van der Waals surface area contributed by atoms with Gasteiger partial charge in [-0.25, -0.2) is 4.68 Å². The van der Waals surface area contributed by atoms with E-state index < -0.39 is 0 Å². The normalized spacial score (nSPS) is 10.7. The van der Waals surface area contributed by atoms with Crippen molar-refractivity contribution >= 4 is 17.6 Å². The van der Waals surface area contributed by atoms with Gasteiger partial charge < -0.3 is 15.4 Å². The summed E-state index contributed by atoms with van der Waals surface area (Å²) in [6.45, 7) is 4.08. The monoisotopic (exact) mass is 406 g/mol. The van der Waals surface area contributed by atoms with Gasteiger partial charge >= 0.3 is 0 Å². The Morgan fingerprint density at radius 1 is 1.07 bits per heavy atom. The fourth-order valence-corrected chi connectivity index (χ4v) is 2.86. The second-order valence-corrected chi connectivity index (χ2v) is 7.16. The van der Waals surface area contributed by atoms with E-state index in [0.29, 0.717) is 18.8 Å². The molecule has 0 aliphatic rings. The van der Waals surface area contributed by atoms with Gasteiger partial charge in [0.15, 0.2) is 5.69 Å². The number of aromatic nitrogens is 2. The minimum absolute atomic E-state index is 0.142. The Kier molecular flexibility index (Phi) is 6.85. The van der Waals surface area contributed by atoms with Crippen LogP contribution in [0.3, 0.4) is 0 Å². The molecule has 0 spiro atoms. The van der Waals surface area contributed by atoms with Crippen LogP contribution < -0.4 is 15.4 Å². The van der Waals surface area contributed by atoms with Crippen molar-refractivity contribution in [1.82, 2.24) is 15.1 Å². The first-order valence-electron chi connectivity index (χ1n) is 9.85. The average molecular weight is 406 g/mol. The Balaban J connectivity index is 1.73. The van der Waals surface area contributed by atoms with Crippen molar-refractivity contribution in [3.8, 4) is 11.4 Å². The molecule has 0 aliphatic heterocycles. The van der Waals surface area contributed by atoms with Crippen molar-refractivity contribution in [2.45, 2.75) is 20.3 Å². The van der Waals surface area contributed by atoms with E-state index in [1.807, 2.05) is 68.4 Å². The molecule has 0 unspecified atom stereocenters. The summed E-state index contributed by atoms with van der Waals surface area (Å²) in [5, 5.41) is 10.1. The van der Waals surface area contributed by atoms with Crippen LogP contribution in [-0.2, 0) is 11.2 Å². The van der Waals surface area contributed by atoms with E-state index in [1.54, 1.807) is 17.9 Å². The van der Waals surface area contributed by atoms with Crippen LogP contribution in [0.2, 0.25) is 0 Å². The number of methoxy groups -OCH3 is 1. The average Bonchev–Trinajstić information content (AvgIpc) is 3.18. The smallest absolute Gasteiger partial charge is 0.271 e. The van der Waals surface area contributed by atoms with Crippen molar-refractivity contribution in [2.24, 2.45) is 5.92 Å². The number of hydrogen-bond donors (Lipinski definition) is 2. The second-order valence-electron chi connectivity index (χ2n) is 7.16. The van der Waals surface area contributed by atoms with Gasteiger partial charge in [-0.3, -0.25) is 9.59 Å². The van der Waals surface area contributed by atoms with Crippen LogP contribution in [0.5, 0.6) is 5.75 Å². The molecular weight excluding hydrogens is 380 g/mol. The molecule has 0 radical (unpaired) electrons. The van der Waals surface area contributed by atoms with Gasteiger partial charge in [0.05, 0.1) is 12.8 Å². The number of ether oxygens (including phenoxy) is 1. The van der Waals surface area contributed by atoms with Crippen molar-refractivity contribution in [2.75, 3.05) is 19.0 Å². The molecule has 0 atom stereocenters. The first-order chi connectivity index (χ1) is 14.5. The van der Waals surface area contributed by atoms with Crippen LogP contribution in [0.1, 0.15) is 29.9 Å². The highest BCUT2D eigenvalue weighted by Gasteiger charge is 2.18. The lowest BCUT2D eigenvalue weighted by Gasteiger charge is -2.10. The molecule has 2 aromatic carbocycles. The van der Waals surface area contributed by atoms with Crippen LogP contribution in [0.15, 0.2) is 60.7 Å². The summed E-state index contributed by atoms with van der Waals surface area (Å²) in [5.41, 5.74) is 2.06. The molecule has 0 saturated carbocycles. The number of nitrogens with one attached hydrogen (secondary N) is 2. The molecule has 7 nitrogen and oxygen atoms in total. The topological polar surface area (TPSA) is 85.3 Å². The number of carbonyl (C=O) groups excluding carboxylic acids is 2. The zero-order valence-corrected chi connectivity index (χ0v) is 17.4. The van der Waals surface area contributed by atoms with E-state index >= 15 is 0 Å². The maximum Gasteiger partial charge on any atom is 0.271 e. The molecule has 2 amide bonds. The van der Waals surface area contributed by atoms with Crippen LogP contribution in [0.4, 0.5) is 5.82 Å². The number of amides is 2. The number of anilines is 1. The molecule has 30 heavy (non-hydrogen) atoms. The van der Waals surface area contributed by atoms with Crippen LogP contribution in [0.25, 0.3) is 5.69 Å². The Bertz CT molecular complexity index is 1010. The van der Waals surface area contributed by atoms with Gasteiger partial charge in [-0.1, -0.05) is 44.2 Å². The van der Waals surface area contributed by atoms with E-state index in [4.69, 9.17) is 4.74 Å². The number of para-hydroxylation sites is 1. The van der Waals surface area contributed by atoms with Crippen LogP contribution >= 0.6 is 0 Å². The number of nitrogens with zero attached hydrogens (tertiary/aromatic N) is 2. The molecule has 1 heterocycles. The summed E-state index contributed by atoms with van der Waals surface area (Å²) in [6.07, 6.45) is 0.666. The Morgan fingerprint density at radius 2 is 1.83 bits per heavy atom. The third-order valence-electron chi connectivity index (χ3n) is 4.55. The molecule has 156 valence electrons. The second kappa shape index (κ2) is 9.73. The lowest BCUT2D eigenvalue weighted by atomic mass is 10.1. The highest BCUT2D eigenvalue weighted by Crippen LogP contribution is 2.18. The molecular formula is C23H26N4O3. The van der Waals surface area contributed by atoms with Gasteiger partial charge in [0.2, 0.25) is 5.91 Å². The molecule has 1 aromatic heterocycles. The number of carbonyl (C=O) groups is 2. The maximum atomic E-state index is 12.7. The van der Waals surface area contributed by atoms with E-state index in [1.165, 1.54) is 0 Å². The fourth-order valence-electron chi connectivity index (χ4n) is 2.86. The summed E-state index contributed by atoms with van der Waals surface area (Å²) in [5.74, 6) is 0.609. The van der Waals surface area contributed by atoms with Gasteiger partial charge in [0.1, 0.15) is 11.6 Å². The Labute approximate surface area is 176 Å². The fraction of sp³-hybridized carbons (Fsp3) is 0.261. The highest BCUT2D eigenvalue weighted by molar-refractivity contribution is 5.96. The third kappa shape index (κ3) is 5.26. The lowest BCUT2D eigenvalue weighted by Crippen LogP contribution is -2.26. The minimum atomic E-state index is -0.298. The van der Waals surface area contributed by atoms with E-state index in [2.05, 4.69) is 15.7 Å². The van der Waals surface area contributed by atoms with Gasteiger partial charge in [-0.2, -0.15) is 5.10 Å². The van der Waals surface area contributed by atoms with Gasteiger partial charge in [-0.05, 0) is 36.2 Å². The van der Waals surface area contributed by atoms with Crippen LogP contribution in [0, 0.1) is 5.92 Å². The van der Waals surface area contributed by atoms with E-state index in [-0.39, 0.29) is 23.4 Å². The van der Waals surface area contributed by atoms with Gasteiger partial charge in [0, 0.05) is 18.5 Å². The summed E-state index contributed by atoms with van der Waals surface area (Å²) in [7, 11) is 1.62. The van der Waals surface area contributed by atoms with E-state index in [9.17, 15) is 9.59 Å². The molecule has 0 aliphatic carbocycles. The Hall–Kier alpha value is -3.61. The van der Waals surface area contributed by atoms with Crippen molar-refractivity contribution in [1.29, 1.82) is 0 Å². The lowest BCUT2D eigenvalue weighted by molar-refractivity contribution is -0.118. The first-order valence-corrected chi connectivity index (χ1v) is 9.85. The summed E-state index contributed by atoms with van der Waals surface area (Å²) in [6, 6.07) is 18.7. The minimum Gasteiger partial charge on any atom is -0.497 e. The summed E-state index contributed by atoms with van der Waals surface area (Å²) < 4.78 is 6.79. The molecule has 3 aromatic rings. The zero-order valence-electron chi connectivity index (χ0n) is 17.4. The highest BCUT2D eigenvalue weighted by atomic mass is 16.5. The van der Waals surface area contributed by atoms with Crippen LogP contribution in [-0.4, -0.2) is 35.2 Å². The molecule has 3 rings (SSSR count). The van der Waals surface area contributed by atoms with Crippen molar-refractivity contribution in [3.05, 3.63) is 71.9 Å². The first kappa shape index (κ1) is 21.1. The predicted molar refractivity (Wildman–Crippen MR) is 116 cm³/mol. The van der Waals surface area contributed by atoms with Gasteiger partial charge in [-0.15, -0.1) is 0 Å². The third-order valence-corrected chi connectivity index (χ3v) is 4.55. The molecule has 2 N–H and O–H groups in total. The zero-order chi connectivity index (χ0) is 21.5. The standard InChI is InChI=1S/C23H26N4O3/c1-16(2)22(28)25-21-15-20(26-27(21)18-9-5-4-6-10-18)23(29)24-13-12-17-8-7-11-19(14-17)30-3/h4-11,14-16H,12-13H2,1-3H3,(H,24,29)(H,25,28). The molecule has 0 bridgehead atoms. The molecule has 0 fully saturated rings. The summed E-state index contributed by atoms with van der Waals surface area (Å²) in [4.78, 5) is 24.8. The number of rotatable bonds is 8. The van der Waals surface area contributed by atoms with E-state index in [0.717, 1.165) is 17.0 Å². The van der Waals surface area contributed by atoms with Gasteiger partial charge in [0.25, 0.3) is 5.91 Å². The summed E-state index contributed by atoms with van der Waals surface area (Å²) >= 11 is 0. The number of benzene rings is 2. The van der Waals surface area contributed by atoms with Crippen molar-refractivity contribution in [3.63, 3.8) is 0 Å².